The van der Waals surface area contributed by atoms with Crippen molar-refractivity contribution in [2.24, 2.45) is 5.92 Å². The van der Waals surface area contributed by atoms with Crippen molar-refractivity contribution in [3.8, 4) is 5.75 Å². The van der Waals surface area contributed by atoms with Crippen LogP contribution in [0.25, 0.3) is 0 Å². The lowest BCUT2D eigenvalue weighted by Crippen LogP contribution is -2.30. The average Bonchev–Trinajstić information content (AvgIpc) is 3.09. The highest BCUT2D eigenvalue weighted by atomic mass is 35.5. The van der Waals surface area contributed by atoms with Gasteiger partial charge in [-0.05, 0) is 63.7 Å². The predicted octanol–water partition coefficient (Wildman–Crippen LogP) is 3.60. The van der Waals surface area contributed by atoms with Crippen LogP contribution in [0.3, 0.4) is 0 Å². The quantitative estimate of drug-likeness (QED) is 0.662. The van der Waals surface area contributed by atoms with Crippen LogP contribution in [-0.2, 0) is 6.54 Å². The van der Waals surface area contributed by atoms with Gasteiger partial charge in [0.05, 0.1) is 18.3 Å². The third-order valence-corrected chi connectivity index (χ3v) is 5.41. The number of nitrogens with zero attached hydrogens (tertiary/aromatic N) is 3. The van der Waals surface area contributed by atoms with Crippen molar-refractivity contribution in [3.63, 3.8) is 0 Å². The van der Waals surface area contributed by atoms with Gasteiger partial charge in [0, 0.05) is 12.1 Å². The van der Waals surface area contributed by atoms with Crippen LogP contribution in [0.4, 0.5) is 0 Å². The first-order valence-corrected chi connectivity index (χ1v) is 10.6. The Morgan fingerprint density at radius 2 is 2.03 bits per heavy atom. The summed E-state index contributed by atoms with van der Waals surface area (Å²) in [5.41, 5.74) is 3.33. The summed E-state index contributed by atoms with van der Waals surface area (Å²) in [5, 5.41) is 14.7. The lowest BCUT2D eigenvalue weighted by Gasteiger charge is -2.23. The van der Waals surface area contributed by atoms with Crippen LogP contribution in [-0.4, -0.2) is 40.6 Å². The second-order valence-electron chi connectivity index (χ2n) is 8.27. The molecule has 2 heterocycles. The lowest BCUT2D eigenvalue weighted by molar-refractivity contribution is 0.0945. The number of piperidine rings is 1. The summed E-state index contributed by atoms with van der Waals surface area (Å²) in [5.74, 6) is 1.23. The number of aryl methyl sites for hydroxylation is 1. The highest BCUT2D eigenvalue weighted by Gasteiger charge is 2.23. The number of halogens is 1. The van der Waals surface area contributed by atoms with Crippen molar-refractivity contribution >= 4 is 18.3 Å². The number of rotatable bonds is 8. The van der Waals surface area contributed by atoms with Crippen molar-refractivity contribution in [2.45, 2.75) is 59.5 Å². The fourth-order valence-electron chi connectivity index (χ4n) is 3.55. The number of hydrogen-bond acceptors (Lipinski definition) is 5. The largest absolute Gasteiger partial charge is 0.493 e. The molecule has 3 rings (SSSR count). The number of hydrogen-bond donors (Lipinski definition) is 2. The van der Waals surface area contributed by atoms with Gasteiger partial charge in [-0.3, -0.25) is 4.79 Å². The van der Waals surface area contributed by atoms with Crippen molar-refractivity contribution in [3.05, 3.63) is 40.7 Å². The molecule has 0 aliphatic carbocycles. The normalized spacial score (nSPS) is 14.4. The van der Waals surface area contributed by atoms with Gasteiger partial charge in [0.1, 0.15) is 5.75 Å². The molecule has 1 aliphatic rings. The summed E-state index contributed by atoms with van der Waals surface area (Å²) in [6.07, 6.45) is 3.01. The molecule has 2 aromatic rings. The molecule has 1 saturated heterocycles. The number of ether oxygens (including phenoxy) is 1. The second-order valence-corrected chi connectivity index (χ2v) is 8.27. The van der Waals surface area contributed by atoms with E-state index in [-0.39, 0.29) is 18.3 Å². The molecule has 0 radical (unpaired) electrons. The van der Waals surface area contributed by atoms with E-state index in [2.05, 4.69) is 34.8 Å². The molecule has 1 aliphatic heterocycles. The van der Waals surface area contributed by atoms with Gasteiger partial charge in [0.2, 0.25) is 0 Å². The molecule has 0 atom stereocenters. The van der Waals surface area contributed by atoms with E-state index in [0.29, 0.717) is 30.8 Å². The van der Waals surface area contributed by atoms with Crippen molar-refractivity contribution < 1.29 is 9.53 Å². The van der Waals surface area contributed by atoms with Gasteiger partial charge in [-0.15, -0.1) is 17.5 Å². The second kappa shape index (κ2) is 11.3. The molecular weight excluding hydrogens is 402 g/mol. The third-order valence-electron chi connectivity index (χ3n) is 5.41. The molecule has 7 nitrogen and oxygen atoms in total. The van der Waals surface area contributed by atoms with E-state index < -0.39 is 0 Å². The molecule has 2 N–H and O–H groups in total. The maximum absolute atomic E-state index is 12.7. The fraction of sp³-hybridized carbons (Fsp3) is 0.591. The molecule has 0 spiro atoms. The van der Waals surface area contributed by atoms with Gasteiger partial charge in [0.15, 0.2) is 5.69 Å². The molecule has 166 valence electrons. The van der Waals surface area contributed by atoms with Crippen molar-refractivity contribution in [1.29, 1.82) is 0 Å². The maximum atomic E-state index is 12.7. The first-order valence-electron chi connectivity index (χ1n) is 10.6. The van der Waals surface area contributed by atoms with Crippen molar-refractivity contribution in [2.75, 3.05) is 19.7 Å². The van der Waals surface area contributed by atoms with Crippen LogP contribution in [0.1, 0.15) is 66.5 Å². The van der Waals surface area contributed by atoms with Crippen LogP contribution in [0.2, 0.25) is 0 Å². The zero-order chi connectivity index (χ0) is 20.8. The molecule has 0 unspecified atom stereocenters. The minimum absolute atomic E-state index is 0. The van der Waals surface area contributed by atoms with Crippen LogP contribution >= 0.6 is 12.4 Å². The number of aromatic nitrogens is 3. The highest BCUT2D eigenvalue weighted by molar-refractivity contribution is 5.93. The summed E-state index contributed by atoms with van der Waals surface area (Å²) in [4.78, 5) is 12.7. The Balaban J connectivity index is 0.00000320. The van der Waals surface area contributed by atoms with E-state index >= 15 is 0 Å². The number of carbonyl (C=O) groups excluding carboxylic acids is 1. The Kier molecular flexibility index (Phi) is 9.11. The van der Waals surface area contributed by atoms with Gasteiger partial charge < -0.3 is 15.4 Å². The Hall–Kier alpha value is -2.12. The molecule has 1 amide bonds. The Labute approximate surface area is 185 Å². The highest BCUT2D eigenvalue weighted by Crippen LogP contribution is 2.22. The van der Waals surface area contributed by atoms with E-state index in [0.717, 1.165) is 54.9 Å². The minimum Gasteiger partial charge on any atom is -0.493 e. The van der Waals surface area contributed by atoms with Crippen LogP contribution < -0.4 is 15.4 Å². The molecular formula is C22H34ClN5O2. The first kappa shape index (κ1) is 24.2. The predicted molar refractivity (Wildman–Crippen MR) is 120 cm³/mol. The Bertz CT molecular complexity index is 831. The van der Waals surface area contributed by atoms with E-state index in [1.54, 1.807) is 0 Å². The van der Waals surface area contributed by atoms with Crippen LogP contribution in [0.5, 0.6) is 5.75 Å². The maximum Gasteiger partial charge on any atom is 0.274 e. The molecule has 30 heavy (non-hydrogen) atoms. The average molecular weight is 436 g/mol. The number of nitrogens with one attached hydrogen (secondary N) is 2. The molecule has 1 fully saturated rings. The number of amides is 1. The van der Waals surface area contributed by atoms with Crippen LogP contribution in [0, 0.1) is 19.8 Å². The first-order chi connectivity index (χ1) is 14.0. The smallest absolute Gasteiger partial charge is 0.274 e. The van der Waals surface area contributed by atoms with Crippen LogP contribution in [0.15, 0.2) is 18.2 Å². The number of carbonyl (C=O) groups is 1. The minimum atomic E-state index is -0.198. The molecule has 1 aromatic carbocycles. The Morgan fingerprint density at radius 1 is 1.30 bits per heavy atom. The van der Waals surface area contributed by atoms with E-state index in [9.17, 15) is 4.79 Å². The molecule has 8 heteroatoms. The van der Waals surface area contributed by atoms with E-state index in [1.807, 2.05) is 36.7 Å². The number of benzene rings is 1. The molecule has 0 saturated carbocycles. The Morgan fingerprint density at radius 3 is 2.73 bits per heavy atom. The van der Waals surface area contributed by atoms with Gasteiger partial charge in [-0.25, -0.2) is 4.68 Å². The van der Waals surface area contributed by atoms with Gasteiger partial charge in [-0.2, -0.15) is 0 Å². The third kappa shape index (κ3) is 6.19. The summed E-state index contributed by atoms with van der Waals surface area (Å²) in [6, 6.07) is 6.39. The lowest BCUT2D eigenvalue weighted by atomic mass is 10.1. The standard InChI is InChI=1S/C22H33N5O2.ClH/c1-15(2)9-12-29-20-13-16(3)5-6-18(20)14-24-22(28)21-17(4)27(26-25-21)19-7-10-23-11-8-19;/h5-6,13,15,19,23H,7-12,14H2,1-4H3,(H,24,28);1H. The molecule has 0 bridgehead atoms. The fourth-order valence-corrected chi connectivity index (χ4v) is 3.55. The summed E-state index contributed by atoms with van der Waals surface area (Å²) >= 11 is 0. The SMILES string of the molecule is Cc1ccc(CNC(=O)c2nnn(C3CCNCC3)c2C)c(OCCC(C)C)c1.Cl. The summed E-state index contributed by atoms with van der Waals surface area (Å²) in [6.45, 7) is 11.3. The summed E-state index contributed by atoms with van der Waals surface area (Å²) < 4.78 is 7.89. The zero-order valence-electron chi connectivity index (χ0n) is 18.4. The van der Waals surface area contributed by atoms with E-state index in [4.69, 9.17) is 4.74 Å². The zero-order valence-corrected chi connectivity index (χ0v) is 19.2. The van der Waals surface area contributed by atoms with E-state index in [1.165, 1.54) is 0 Å². The van der Waals surface area contributed by atoms with Gasteiger partial charge in [-0.1, -0.05) is 31.2 Å². The topological polar surface area (TPSA) is 81.1 Å². The monoisotopic (exact) mass is 435 g/mol. The van der Waals surface area contributed by atoms with Crippen molar-refractivity contribution in [1.82, 2.24) is 25.6 Å². The van der Waals surface area contributed by atoms with Gasteiger partial charge in [0.25, 0.3) is 5.91 Å². The van der Waals surface area contributed by atoms with Gasteiger partial charge >= 0.3 is 0 Å². The molecule has 1 aromatic heterocycles. The summed E-state index contributed by atoms with van der Waals surface area (Å²) in [7, 11) is 0.